The fourth-order valence-corrected chi connectivity index (χ4v) is 3.30. The molecule has 25 heavy (non-hydrogen) atoms. The van der Waals surface area contributed by atoms with Crippen LogP contribution in [0.5, 0.6) is 11.5 Å². The molecular formula is C21H30ClNO2. The first-order chi connectivity index (χ1) is 11.4. The van der Waals surface area contributed by atoms with E-state index < -0.39 is 0 Å². The second kappa shape index (κ2) is 9.12. The Morgan fingerprint density at radius 3 is 1.44 bits per heavy atom. The molecule has 4 heteroatoms. The van der Waals surface area contributed by atoms with E-state index in [9.17, 15) is 10.2 Å². The molecule has 0 unspecified atom stereocenters. The van der Waals surface area contributed by atoms with E-state index in [0.29, 0.717) is 24.5 Å². The average molecular weight is 364 g/mol. The number of phenols is 2. The van der Waals surface area contributed by atoms with E-state index >= 15 is 0 Å². The van der Waals surface area contributed by atoms with Gasteiger partial charge in [0.1, 0.15) is 11.5 Å². The molecule has 0 aliphatic rings. The molecule has 0 saturated heterocycles. The summed E-state index contributed by atoms with van der Waals surface area (Å²) in [5.41, 5.74) is 9.36. The molecule has 0 atom stereocenters. The van der Waals surface area contributed by atoms with Crippen LogP contribution in [0.4, 0.5) is 0 Å². The lowest BCUT2D eigenvalue weighted by atomic mass is 9.83. The highest BCUT2D eigenvalue weighted by Gasteiger charge is 2.23. The van der Waals surface area contributed by atoms with Crippen LogP contribution in [0.1, 0.15) is 74.1 Å². The largest absolute Gasteiger partial charge is 0.507 e. The van der Waals surface area contributed by atoms with Gasteiger partial charge in [0, 0.05) is 17.0 Å². The smallest absolute Gasteiger partial charge is 0.122 e. The molecule has 2 rings (SSSR count). The van der Waals surface area contributed by atoms with Crippen molar-refractivity contribution in [2.24, 2.45) is 5.73 Å². The van der Waals surface area contributed by atoms with Crippen LogP contribution in [0.3, 0.4) is 0 Å². The van der Waals surface area contributed by atoms with Gasteiger partial charge in [-0.25, -0.2) is 0 Å². The maximum absolute atomic E-state index is 10.8. The van der Waals surface area contributed by atoms with Crippen LogP contribution in [0.15, 0.2) is 36.4 Å². The fourth-order valence-electron chi connectivity index (χ4n) is 3.30. The summed E-state index contributed by atoms with van der Waals surface area (Å²) in [5, 5.41) is 21.5. The zero-order valence-electron chi connectivity index (χ0n) is 15.5. The van der Waals surface area contributed by atoms with E-state index in [1.165, 1.54) is 0 Å². The molecule has 4 N–H and O–H groups in total. The second-order valence-electron chi connectivity index (χ2n) is 7.01. The molecule has 0 aromatic heterocycles. The molecule has 0 amide bonds. The van der Waals surface area contributed by atoms with Gasteiger partial charge < -0.3 is 15.9 Å². The summed E-state index contributed by atoms with van der Waals surface area (Å²) in [4.78, 5) is 0. The highest BCUT2D eigenvalue weighted by molar-refractivity contribution is 5.85. The summed E-state index contributed by atoms with van der Waals surface area (Å²) in [6, 6.07) is 11.7. The van der Waals surface area contributed by atoms with Gasteiger partial charge in [-0.2, -0.15) is 0 Å². The number of aromatic hydroxyl groups is 2. The molecule has 0 bridgehead atoms. The molecule has 0 saturated carbocycles. The molecular weight excluding hydrogens is 334 g/mol. The van der Waals surface area contributed by atoms with Gasteiger partial charge in [-0.1, -0.05) is 64.1 Å². The third-order valence-corrected chi connectivity index (χ3v) is 4.65. The highest BCUT2D eigenvalue weighted by Crippen LogP contribution is 2.42. The van der Waals surface area contributed by atoms with Gasteiger partial charge in [0.05, 0.1) is 0 Å². The highest BCUT2D eigenvalue weighted by atomic mass is 35.5. The van der Waals surface area contributed by atoms with Gasteiger partial charge >= 0.3 is 0 Å². The monoisotopic (exact) mass is 363 g/mol. The van der Waals surface area contributed by atoms with Crippen molar-refractivity contribution in [3.05, 3.63) is 58.7 Å². The summed E-state index contributed by atoms with van der Waals surface area (Å²) < 4.78 is 0. The van der Waals surface area contributed by atoms with Crippen LogP contribution in [-0.4, -0.2) is 16.8 Å². The van der Waals surface area contributed by atoms with Gasteiger partial charge in [-0.05, 0) is 35.9 Å². The van der Waals surface area contributed by atoms with Crippen molar-refractivity contribution >= 4 is 12.4 Å². The predicted molar refractivity (Wildman–Crippen MR) is 107 cm³/mol. The number of phenolic OH excluding ortho intramolecular Hbond substituents is 2. The van der Waals surface area contributed by atoms with E-state index in [2.05, 4.69) is 27.7 Å². The Hall–Kier alpha value is -1.71. The number of benzene rings is 2. The molecule has 0 fully saturated rings. The fraction of sp³-hybridized carbons (Fsp3) is 0.429. The minimum absolute atomic E-state index is 0. The molecule has 0 spiro atoms. The quantitative estimate of drug-likeness (QED) is 0.656. The standard InChI is InChI=1S/C21H29NO2.ClH/c1-13(2)15-7-5-9-18(20(15)23)17(11-12-22)19-10-6-8-16(14(3)4)21(19)24;/h5-10,13-14,17,23-24H,11-12,22H2,1-4H3;1H. The second-order valence-corrected chi connectivity index (χ2v) is 7.01. The minimum atomic E-state index is -0.118. The van der Waals surface area contributed by atoms with Crippen molar-refractivity contribution in [1.82, 2.24) is 0 Å². The Bertz CT molecular complexity index is 641. The average Bonchev–Trinajstić information content (AvgIpc) is 2.53. The first kappa shape index (κ1) is 21.3. The predicted octanol–water partition coefficient (Wildman–Crippen LogP) is 5.25. The van der Waals surface area contributed by atoms with Crippen LogP contribution in [-0.2, 0) is 0 Å². The number of hydrogen-bond acceptors (Lipinski definition) is 3. The lowest BCUT2D eigenvalue weighted by Crippen LogP contribution is -2.10. The van der Waals surface area contributed by atoms with Crippen molar-refractivity contribution in [2.75, 3.05) is 6.54 Å². The van der Waals surface area contributed by atoms with Crippen LogP contribution < -0.4 is 5.73 Å². The number of halogens is 1. The van der Waals surface area contributed by atoms with Crippen molar-refractivity contribution in [3.63, 3.8) is 0 Å². The molecule has 2 aromatic carbocycles. The Labute approximate surface area is 157 Å². The lowest BCUT2D eigenvalue weighted by molar-refractivity contribution is 0.441. The van der Waals surface area contributed by atoms with E-state index in [1.54, 1.807) is 0 Å². The van der Waals surface area contributed by atoms with Crippen molar-refractivity contribution in [3.8, 4) is 11.5 Å². The summed E-state index contributed by atoms with van der Waals surface area (Å²) in [5.74, 6) is 0.992. The molecule has 0 aliphatic carbocycles. The van der Waals surface area contributed by atoms with Crippen LogP contribution >= 0.6 is 12.4 Å². The molecule has 3 nitrogen and oxygen atoms in total. The van der Waals surface area contributed by atoms with E-state index in [4.69, 9.17) is 5.73 Å². The van der Waals surface area contributed by atoms with Gasteiger partial charge in [0.2, 0.25) is 0 Å². The third-order valence-electron chi connectivity index (χ3n) is 4.65. The molecule has 0 aliphatic heterocycles. The van der Waals surface area contributed by atoms with Gasteiger partial charge in [0.25, 0.3) is 0 Å². The zero-order chi connectivity index (χ0) is 17.9. The van der Waals surface area contributed by atoms with E-state index in [0.717, 1.165) is 22.3 Å². The normalized spacial score (nSPS) is 11.2. The molecule has 138 valence electrons. The third kappa shape index (κ3) is 4.47. The molecule has 2 aromatic rings. The Morgan fingerprint density at radius 2 is 1.12 bits per heavy atom. The number of nitrogens with two attached hydrogens (primary N) is 1. The van der Waals surface area contributed by atoms with Gasteiger partial charge in [0.15, 0.2) is 0 Å². The summed E-state index contributed by atoms with van der Waals surface area (Å²) in [7, 11) is 0. The first-order valence-corrected chi connectivity index (χ1v) is 8.72. The van der Waals surface area contributed by atoms with Crippen molar-refractivity contribution in [1.29, 1.82) is 0 Å². The van der Waals surface area contributed by atoms with Crippen LogP contribution in [0, 0.1) is 0 Å². The topological polar surface area (TPSA) is 66.5 Å². The van der Waals surface area contributed by atoms with E-state index in [-0.39, 0.29) is 30.2 Å². The maximum atomic E-state index is 10.8. The van der Waals surface area contributed by atoms with Crippen LogP contribution in [0.2, 0.25) is 0 Å². The van der Waals surface area contributed by atoms with E-state index in [1.807, 2.05) is 36.4 Å². The Morgan fingerprint density at radius 1 is 0.760 bits per heavy atom. The number of rotatable bonds is 6. The maximum Gasteiger partial charge on any atom is 0.122 e. The molecule has 0 radical (unpaired) electrons. The summed E-state index contributed by atoms with van der Waals surface area (Å²) >= 11 is 0. The molecule has 0 heterocycles. The zero-order valence-corrected chi connectivity index (χ0v) is 16.3. The number of para-hydroxylation sites is 2. The summed E-state index contributed by atoms with van der Waals surface area (Å²) in [6.45, 7) is 8.74. The van der Waals surface area contributed by atoms with Gasteiger partial charge in [-0.3, -0.25) is 0 Å². The number of hydrogen-bond donors (Lipinski definition) is 3. The van der Waals surface area contributed by atoms with Crippen molar-refractivity contribution in [2.45, 2.75) is 51.9 Å². The van der Waals surface area contributed by atoms with Gasteiger partial charge in [-0.15, -0.1) is 12.4 Å². The van der Waals surface area contributed by atoms with Crippen molar-refractivity contribution < 1.29 is 10.2 Å². The minimum Gasteiger partial charge on any atom is -0.507 e. The lowest BCUT2D eigenvalue weighted by Gasteiger charge is -2.23. The Kier molecular flexibility index (Phi) is 7.78. The van der Waals surface area contributed by atoms with Crippen LogP contribution in [0.25, 0.3) is 0 Å². The Balaban J connectivity index is 0.00000312. The SMILES string of the molecule is CC(C)c1cccc(C(CCN)c2cccc(C(C)C)c2O)c1O.Cl. The first-order valence-electron chi connectivity index (χ1n) is 8.72. The summed E-state index contributed by atoms with van der Waals surface area (Å²) in [6.07, 6.45) is 0.671.